The first kappa shape index (κ1) is 14.3. The lowest BCUT2D eigenvalue weighted by Crippen LogP contribution is -2.47. The Morgan fingerprint density at radius 3 is 2.32 bits per heavy atom. The average Bonchev–Trinajstić information content (AvgIpc) is 2.40. The molecule has 3 nitrogen and oxygen atoms in total. The van der Waals surface area contributed by atoms with E-state index in [1.54, 1.807) is 5.49 Å². The van der Waals surface area contributed by atoms with E-state index in [0.29, 0.717) is 0 Å². The van der Waals surface area contributed by atoms with E-state index in [-0.39, 0.29) is 0 Å². The van der Waals surface area contributed by atoms with Gasteiger partial charge in [-0.1, -0.05) is 26.1 Å². The minimum atomic E-state index is 0.756. The molecule has 1 N–H and O–H groups in total. The molecule has 0 saturated carbocycles. The first-order chi connectivity index (χ1) is 9.19. The molecule has 0 aromatic heterocycles. The Kier molecular flexibility index (Phi) is 5.16. The number of anilines is 2. The molecular weight excluding hydrogens is 254 g/mol. The van der Waals surface area contributed by atoms with Crippen LogP contribution in [-0.4, -0.2) is 43.1 Å². The first-order valence-corrected chi connectivity index (χ1v) is 7.43. The SMILES string of the molecule is CC(C)CN1CCN(c2ccc(NC=S)cc2)CC1. The fourth-order valence-corrected chi connectivity index (χ4v) is 2.68. The Bertz CT molecular complexity index is 394. The smallest absolute Gasteiger partial charge is 0.0658 e. The molecule has 1 aliphatic rings. The topological polar surface area (TPSA) is 18.5 Å². The zero-order valence-electron chi connectivity index (χ0n) is 11.8. The molecule has 19 heavy (non-hydrogen) atoms. The zero-order valence-corrected chi connectivity index (χ0v) is 12.6. The maximum atomic E-state index is 4.79. The van der Waals surface area contributed by atoms with Crippen molar-refractivity contribution in [3.05, 3.63) is 24.3 Å². The molecule has 1 aromatic carbocycles. The molecule has 1 heterocycles. The Balaban J connectivity index is 1.88. The third-order valence-electron chi connectivity index (χ3n) is 3.45. The third kappa shape index (κ3) is 4.18. The van der Waals surface area contributed by atoms with Gasteiger partial charge >= 0.3 is 0 Å². The quantitative estimate of drug-likeness (QED) is 0.834. The summed E-state index contributed by atoms with van der Waals surface area (Å²) in [6.07, 6.45) is 0. The van der Waals surface area contributed by atoms with Gasteiger partial charge < -0.3 is 10.2 Å². The van der Waals surface area contributed by atoms with E-state index >= 15 is 0 Å². The standard InChI is InChI=1S/C15H23N3S/c1-13(2)11-17-7-9-18(10-8-17)15-5-3-14(4-6-15)16-12-19/h3-6,12-13H,7-11H2,1-2H3,(H,16,19). The molecule has 104 valence electrons. The molecule has 0 aliphatic carbocycles. The van der Waals surface area contributed by atoms with Crippen LogP contribution < -0.4 is 10.2 Å². The van der Waals surface area contributed by atoms with Gasteiger partial charge in [-0.05, 0) is 30.2 Å². The van der Waals surface area contributed by atoms with Crippen LogP contribution in [-0.2, 0) is 0 Å². The fraction of sp³-hybridized carbons (Fsp3) is 0.533. The number of nitrogens with zero attached hydrogens (tertiary/aromatic N) is 2. The molecule has 4 heteroatoms. The summed E-state index contributed by atoms with van der Waals surface area (Å²) in [5.41, 5.74) is 3.90. The van der Waals surface area contributed by atoms with E-state index < -0.39 is 0 Å². The first-order valence-electron chi connectivity index (χ1n) is 6.96. The second kappa shape index (κ2) is 6.87. The van der Waals surface area contributed by atoms with E-state index in [0.717, 1.165) is 37.8 Å². The molecule has 2 rings (SSSR count). The van der Waals surface area contributed by atoms with Gasteiger partial charge in [0.25, 0.3) is 0 Å². The van der Waals surface area contributed by atoms with Gasteiger partial charge in [-0.2, -0.15) is 0 Å². The highest BCUT2D eigenvalue weighted by atomic mass is 32.1. The van der Waals surface area contributed by atoms with Crippen LogP contribution in [0.4, 0.5) is 11.4 Å². The highest BCUT2D eigenvalue weighted by Crippen LogP contribution is 2.19. The second-order valence-electron chi connectivity index (χ2n) is 5.49. The van der Waals surface area contributed by atoms with Gasteiger partial charge in [-0.15, -0.1) is 0 Å². The van der Waals surface area contributed by atoms with Crippen molar-refractivity contribution >= 4 is 29.1 Å². The minimum absolute atomic E-state index is 0.756. The predicted octanol–water partition coefficient (Wildman–Crippen LogP) is 2.83. The second-order valence-corrected chi connectivity index (χ2v) is 5.73. The van der Waals surface area contributed by atoms with E-state index in [1.807, 2.05) is 0 Å². The molecule has 0 bridgehead atoms. The molecule has 0 unspecified atom stereocenters. The number of thiocarbonyl (C=S) groups is 1. The van der Waals surface area contributed by atoms with E-state index in [1.165, 1.54) is 12.2 Å². The summed E-state index contributed by atoms with van der Waals surface area (Å²) in [5.74, 6) is 0.756. The van der Waals surface area contributed by atoms with Gasteiger partial charge in [0.15, 0.2) is 0 Å². The summed E-state index contributed by atoms with van der Waals surface area (Å²) in [4.78, 5) is 5.02. The zero-order chi connectivity index (χ0) is 13.7. The average molecular weight is 277 g/mol. The monoisotopic (exact) mass is 277 g/mol. The van der Waals surface area contributed by atoms with Gasteiger partial charge in [0.2, 0.25) is 0 Å². The number of nitrogens with one attached hydrogen (secondary N) is 1. The van der Waals surface area contributed by atoms with Crippen molar-refractivity contribution in [2.75, 3.05) is 42.9 Å². The summed E-state index contributed by atoms with van der Waals surface area (Å²) in [6.45, 7) is 10.4. The molecule has 1 aliphatic heterocycles. The summed E-state index contributed by atoms with van der Waals surface area (Å²) in [5, 5.41) is 3.03. The highest BCUT2D eigenvalue weighted by molar-refractivity contribution is 7.79. The largest absolute Gasteiger partial charge is 0.369 e. The van der Waals surface area contributed by atoms with Crippen molar-refractivity contribution in [2.24, 2.45) is 5.92 Å². The van der Waals surface area contributed by atoms with Crippen LogP contribution in [0.25, 0.3) is 0 Å². The van der Waals surface area contributed by atoms with Crippen molar-refractivity contribution in [3.8, 4) is 0 Å². The minimum Gasteiger partial charge on any atom is -0.369 e. The maximum Gasteiger partial charge on any atom is 0.0658 e. The van der Waals surface area contributed by atoms with Crippen LogP contribution in [0, 0.1) is 5.92 Å². The Morgan fingerprint density at radius 2 is 1.79 bits per heavy atom. The number of piperazine rings is 1. The molecule has 0 amide bonds. The number of rotatable bonds is 5. The summed E-state index contributed by atoms with van der Waals surface area (Å²) in [7, 11) is 0. The molecule has 0 radical (unpaired) electrons. The van der Waals surface area contributed by atoms with Crippen LogP contribution in [0.2, 0.25) is 0 Å². The van der Waals surface area contributed by atoms with E-state index in [9.17, 15) is 0 Å². The lowest BCUT2D eigenvalue weighted by Gasteiger charge is -2.36. The Morgan fingerprint density at radius 1 is 1.16 bits per heavy atom. The normalized spacial score (nSPS) is 16.7. The molecular formula is C15H23N3S. The lowest BCUT2D eigenvalue weighted by molar-refractivity contribution is 0.231. The summed E-state index contributed by atoms with van der Waals surface area (Å²) >= 11 is 4.79. The maximum absolute atomic E-state index is 4.79. The molecule has 1 saturated heterocycles. The number of benzene rings is 1. The van der Waals surface area contributed by atoms with Gasteiger partial charge in [0.05, 0.1) is 5.49 Å². The van der Waals surface area contributed by atoms with Crippen LogP contribution in [0.15, 0.2) is 24.3 Å². The van der Waals surface area contributed by atoms with Crippen molar-refractivity contribution < 1.29 is 0 Å². The summed E-state index contributed by atoms with van der Waals surface area (Å²) in [6, 6.07) is 8.50. The van der Waals surface area contributed by atoms with Crippen molar-refractivity contribution in [2.45, 2.75) is 13.8 Å². The van der Waals surface area contributed by atoms with Gasteiger partial charge in [-0.25, -0.2) is 0 Å². The number of hydrogen-bond acceptors (Lipinski definition) is 3. The highest BCUT2D eigenvalue weighted by Gasteiger charge is 2.17. The van der Waals surface area contributed by atoms with Crippen molar-refractivity contribution in [1.82, 2.24) is 4.90 Å². The van der Waals surface area contributed by atoms with Crippen molar-refractivity contribution in [3.63, 3.8) is 0 Å². The van der Waals surface area contributed by atoms with Gasteiger partial charge in [0.1, 0.15) is 0 Å². The lowest BCUT2D eigenvalue weighted by atomic mass is 10.2. The van der Waals surface area contributed by atoms with Crippen LogP contribution >= 0.6 is 12.2 Å². The Labute approximate surface area is 121 Å². The van der Waals surface area contributed by atoms with Gasteiger partial charge in [-0.3, -0.25) is 4.90 Å². The third-order valence-corrected chi connectivity index (χ3v) is 3.57. The molecule has 0 spiro atoms. The van der Waals surface area contributed by atoms with Gasteiger partial charge in [0, 0.05) is 44.1 Å². The molecule has 1 fully saturated rings. The van der Waals surface area contributed by atoms with Crippen LogP contribution in [0.1, 0.15) is 13.8 Å². The number of hydrogen-bond donors (Lipinski definition) is 1. The molecule has 0 atom stereocenters. The fourth-order valence-electron chi connectivity index (χ4n) is 2.54. The van der Waals surface area contributed by atoms with Crippen LogP contribution in [0.5, 0.6) is 0 Å². The summed E-state index contributed by atoms with van der Waals surface area (Å²) < 4.78 is 0. The van der Waals surface area contributed by atoms with E-state index in [4.69, 9.17) is 12.2 Å². The Hall–Kier alpha value is -1.13. The van der Waals surface area contributed by atoms with E-state index in [2.05, 4.69) is 53.2 Å². The van der Waals surface area contributed by atoms with Crippen LogP contribution in [0.3, 0.4) is 0 Å². The van der Waals surface area contributed by atoms with Crippen molar-refractivity contribution in [1.29, 1.82) is 0 Å². The predicted molar refractivity (Wildman–Crippen MR) is 87.2 cm³/mol. The molecule has 1 aromatic rings.